The summed E-state index contributed by atoms with van der Waals surface area (Å²) in [6, 6.07) is 8.46. The van der Waals surface area contributed by atoms with Crippen LogP contribution in [0.15, 0.2) is 36.5 Å². The summed E-state index contributed by atoms with van der Waals surface area (Å²) >= 11 is 0. The summed E-state index contributed by atoms with van der Waals surface area (Å²) in [7, 11) is 0. The molecule has 6 heteroatoms. The molecular formula is C17H17FN4O. The van der Waals surface area contributed by atoms with Gasteiger partial charge in [-0.2, -0.15) is 9.61 Å². The Bertz CT molecular complexity index is 838. The Morgan fingerprint density at radius 3 is 2.61 bits per heavy atom. The van der Waals surface area contributed by atoms with E-state index in [0.717, 1.165) is 54.6 Å². The summed E-state index contributed by atoms with van der Waals surface area (Å²) in [5.74, 6) is 0.771. The number of nitrogens with zero attached hydrogens (tertiary/aromatic N) is 4. The minimum Gasteiger partial charge on any atom is -0.378 e. The number of hydrogen-bond acceptors (Lipinski definition) is 4. The van der Waals surface area contributed by atoms with Gasteiger partial charge >= 0.3 is 0 Å². The fraction of sp³-hybridized carbons (Fsp3) is 0.294. The monoisotopic (exact) mass is 312 g/mol. The maximum absolute atomic E-state index is 13.2. The van der Waals surface area contributed by atoms with E-state index in [4.69, 9.17) is 4.74 Å². The van der Waals surface area contributed by atoms with Gasteiger partial charge in [0.2, 0.25) is 0 Å². The molecule has 0 unspecified atom stereocenters. The molecule has 0 amide bonds. The Morgan fingerprint density at radius 1 is 1.13 bits per heavy atom. The molecule has 0 bridgehead atoms. The molecule has 1 fully saturated rings. The molecule has 0 radical (unpaired) electrons. The molecule has 0 atom stereocenters. The van der Waals surface area contributed by atoms with Crippen molar-refractivity contribution in [1.82, 2.24) is 14.6 Å². The molecule has 4 rings (SSSR count). The van der Waals surface area contributed by atoms with Gasteiger partial charge in [0.05, 0.1) is 19.4 Å². The summed E-state index contributed by atoms with van der Waals surface area (Å²) in [5.41, 5.74) is 3.54. The topological polar surface area (TPSA) is 42.7 Å². The van der Waals surface area contributed by atoms with Gasteiger partial charge in [0, 0.05) is 30.4 Å². The van der Waals surface area contributed by atoms with Crippen molar-refractivity contribution in [2.24, 2.45) is 0 Å². The van der Waals surface area contributed by atoms with Gasteiger partial charge in [-0.15, -0.1) is 0 Å². The second-order valence-electron chi connectivity index (χ2n) is 5.66. The van der Waals surface area contributed by atoms with E-state index >= 15 is 0 Å². The molecule has 2 aromatic heterocycles. The van der Waals surface area contributed by atoms with E-state index in [0.29, 0.717) is 0 Å². The highest BCUT2D eigenvalue weighted by Crippen LogP contribution is 2.27. The van der Waals surface area contributed by atoms with Gasteiger partial charge in [-0.25, -0.2) is 9.37 Å². The number of hydrogen-bond donors (Lipinski definition) is 0. The van der Waals surface area contributed by atoms with Gasteiger partial charge in [-0.1, -0.05) is 12.1 Å². The second-order valence-corrected chi connectivity index (χ2v) is 5.66. The van der Waals surface area contributed by atoms with Crippen LogP contribution in [0.25, 0.3) is 16.8 Å². The van der Waals surface area contributed by atoms with Gasteiger partial charge in [-0.05, 0) is 24.6 Å². The van der Waals surface area contributed by atoms with E-state index in [9.17, 15) is 4.39 Å². The molecule has 5 nitrogen and oxygen atoms in total. The fourth-order valence-electron chi connectivity index (χ4n) is 2.92. The molecule has 0 spiro atoms. The zero-order valence-electron chi connectivity index (χ0n) is 12.9. The molecule has 0 N–H and O–H groups in total. The molecule has 118 valence electrons. The first-order valence-corrected chi connectivity index (χ1v) is 7.66. The van der Waals surface area contributed by atoms with E-state index in [1.165, 1.54) is 12.1 Å². The molecule has 0 aliphatic carbocycles. The van der Waals surface area contributed by atoms with Crippen molar-refractivity contribution in [2.75, 3.05) is 31.2 Å². The Balaban J connectivity index is 1.85. The average Bonchev–Trinajstić information content (AvgIpc) is 2.99. The van der Waals surface area contributed by atoms with Crippen LogP contribution in [-0.4, -0.2) is 40.9 Å². The fourth-order valence-corrected chi connectivity index (χ4v) is 2.92. The van der Waals surface area contributed by atoms with Crippen molar-refractivity contribution >= 4 is 11.5 Å². The average molecular weight is 312 g/mol. The molecule has 23 heavy (non-hydrogen) atoms. The lowest BCUT2D eigenvalue weighted by Gasteiger charge is -2.29. The maximum atomic E-state index is 13.2. The van der Waals surface area contributed by atoms with E-state index in [1.807, 2.05) is 17.5 Å². The normalized spacial score (nSPS) is 15.3. The van der Waals surface area contributed by atoms with Crippen molar-refractivity contribution < 1.29 is 9.13 Å². The first-order chi connectivity index (χ1) is 11.2. The number of morpholine rings is 1. The molecule has 1 aliphatic heterocycles. The minimum atomic E-state index is -0.247. The molecular weight excluding hydrogens is 295 g/mol. The van der Waals surface area contributed by atoms with Crippen LogP contribution in [0.2, 0.25) is 0 Å². The van der Waals surface area contributed by atoms with Crippen molar-refractivity contribution in [3.05, 3.63) is 48.0 Å². The molecule has 1 saturated heterocycles. The van der Waals surface area contributed by atoms with Crippen LogP contribution in [0.3, 0.4) is 0 Å². The van der Waals surface area contributed by atoms with Crippen molar-refractivity contribution in [3.8, 4) is 11.1 Å². The first kappa shape index (κ1) is 14.1. The molecule has 3 heterocycles. The van der Waals surface area contributed by atoms with Crippen LogP contribution in [0.4, 0.5) is 10.2 Å². The van der Waals surface area contributed by atoms with Crippen LogP contribution in [0, 0.1) is 12.7 Å². The van der Waals surface area contributed by atoms with Gasteiger partial charge < -0.3 is 9.64 Å². The first-order valence-electron chi connectivity index (χ1n) is 7.66. The van der Waals surface area contributed by atoms with E-state index < -0.39 is 0 Å². The zero-order chi connectivity index (χ0) is 15.8. The number of benzene rings is 1. The van der Waals surface area contributed by atoms with Gasteiger partial charge in [-0.3, -0.25) is 0 Å². The predicted molar refractivity (Wildman–Crippen MR) is 86.2 cm³/mol. The third-order valence-corrected chi connectivity index (χ3v) is 4.07. The van der Waals surface area contributed by atoms with Crippen LogP contribution in [-0.2, 0) is 4.74 Å². The predicted octanol–water partition coefficient (Wildman–Crippen LogP) is 2.68. The Labute approximate surface area is 133 Å². The lowest BCUT2D eigenvalue weighted by molar-refractivity contribution is 0.122. The number of anilines is 1. The van der Waals surface area contributed by atoms with Gasteiger partial charge in [0.25, 0.3) is 0 Å². The van der Waals surface area contributed by atoms with E-state index in [1.54, 1.807) is 18.3 Å². The molecule has 1 aromatic carbocycles. The lowest BCUT2D eigenvalue weighted by atomic mass is 10.1. The third kappa shape index (κ3) is 2.55. The lowest BCUT2D eigenvalue weighted by Crippen LogP contribution is -2.37. The Morgan fingerprint density at radius 2 is 1.87 bits per heavy atom. The summed E-state index contributed by atoms with van der Waals surface area (Å²) in [6.45, 7) is 5.09. The molecule has 1 aliphatic rings. The Kier molecular flexibility index (Phi) is 3.46. The number of aromatic nitrogens is 3. The summed E-state index contributed by atoms with van der Waals surface area (Å²) < 4.78 is 20.4. The van der Waals surface area contributed by atoms with Gasteiger partial charge in [0.15, 0.2) is 5.65 Å². The second kappa shape index (κ2) is 5.62. The van der Waals surface area contributed by atoms with Crippen molar-refractivity contribution in [3.63, 3.8) is 0 Å². The van der Waals surface area contributed by atoms with Crippen LogP contribution >= 0.6 is 0 Å². The molecule has 0 saturated carbocycles. The highest BCUT2D eigenvalue weighted by atomic mass is 19.1. The van der Waals surface area contributed by atoms with Crippen molar-refractivity contribution in [1.29, 1.82) is 0 Å². The largest absolute Gasteiger partial charge is 0.378 e. The zero-order valence-corrected chi connectivity index (χ0v) is 12.9. The summed E-state index contributed by atoms with van der Waals surface area (Å²) in [6.07, 6.45) is 1.79. The third-order valence-electron chi connectivity index (χ3n) is 4.07. The minimum absolute atomic E-state index is 0.247. The van der Waals surface area contributed by atoms with Crippen LogP contribution in [0.5, 0.6) is 0 Å². The number of aryl methyl sites for hydroxylation is 1. The number of rotatable bonds is 2. The van der Waals surface area contributed by atoms with E-state index in [2.05, 4.69) is 15.0 Å². The van der Waals surface area contributed by atoms with Crippen LogP contribution < -0.4 is 4.90 Å². The Hall–Kier alpha value is -2.47. The number of fused-ring (bicyclic) bond motifs is 1. The standard InChI is InChI=1S/C17H17FN4O/c1-12-10-16(21-6-8-23-9-7-21)22-17(20-12)15(11-19-22)13-2-4-14(18)5-3-13/h2-5,10-11H,6-9H2,1H3. The highest BCUT2D eigenvalue weighted by molar-refractivity contribution is 5.78. The smallest absolute Gasteiger partial charge is 0.165 e. The van der Waals surface area contributed by atoms with Crippen LogP contribution in [0.1, 0.15) is 5.69 Å². The maximum Gasteiger partial charge on any atom is 0.165 e. The SMILES string of the molecule is Cc1cc(N2CCOCC2)n2ncc(-c3ccc(F)cc3)c2n1. The number of halogens is 1. The highest BCUT2D eigenvalue weighted by Gasteiger charge is 2.18. The quantitative estimate of drug-likeness (QED) is 0.730. The molecule has 3 aromatic rings. The van der Waals surface area contributed by atoms with Crippen molar-refractivity contribution in [2.45, 2.75) is 6.92 Å². The van der Waals surface area contributed by atoms with E-state index in [-0.39, 0.29) is 5.82 Å². The van der Waals surface area contributed by atoms with Gasteiger partial charge in [0.1, 0.15) is 11.6 Å². The summed E-state index contributed by atoms with van der Waals surface area (Å²) in [5, 5.41) is 4.51. The number of ether oxygens (including phenoxy) is 1. The summed E-state index contributed by atoms with van der Waals surface area (Å²) in [4.78, 5) is 6.90.